The lowest BCUT2D eigenvalue weighted by Crippen LogP contribution is -2.47. The number of thiazole rings is 1. The molecule has 1 N–H and O–H groups in total. The zero-order valence-corrected chi connectivity index (χ0v) is 15.9. The minimum Gasteiger partial charge on any atom is -0.492 e. The van der Waals surface area contributed by atoms with Crippen molar-refractivity contribution in [3.8, 4) is 5.75 Å². The van der Waals surface area contributed by atoms with Gasteiger partial charge in [-0.25, -0.2) is 4.98 Å². The van der Waals surface area contributed by atoms with Crippen LogP contribution in [0.3, 0.4) is 0 Å². The molecule has 3 rings (SSSR count). The Hall–Kier alpha value is -1.92. The van der Waals surface area contributed by atoms with Crippen LogP contribution < -0.4 is 10.1 Å². The summed E-state index contributed by atoms with van der Waals surface area (Å²) in [5.74, 6) is 0.897. The van der Waals surface area contributed by atoms with E-state index < -0.39 is 0 Å². The largest absolute Gasteiger partial charge is 0.492 e. The number of aromatic nitrogens is 1. The van der Waals surface area contributed by atoms with E-state index in [0.717, 1.165) is 42.5 Å². The summed E-state index contributed by atoms with van der Waals surface area (Å²) in [6.45, 7) is 8.80. The molecule has 25 heavy (non-hydrogen) atoms. The Morgan fingerprint density at radius 3 is 2.96 bits per heavy atom. The first-order chi connectivity index (χ1) is 12.0. The Morgan fingerprint density at radius 2 is 2.28 bits per heavy atom. The molecule has 1 aliphatic rings. The topological polar surface area (TPSA) is 54.5 Å². The van der Waals surface area contributed by atoms with E-state index in [1.807, 2.05) is 30.5 Å². The number of ether oxygens (including phenoxy) is 1. The van der Waals surface area contributed by atoms with E-state index in [9.17, 15) is 4.79 Å². The maximum Gasteiger partial charge on any atom is 0.217 e. The molecule has 1 amide bonds. The molecule has 1 fully saturated rings. The van der Waals surface area contributed by atoms with E-state index in [2.05, 4.69) is 28.2 Å². The van der Waals surface area contributed by atoms with E-state index in [1.54, 1.807) is 18.3 Å². The first-order valence-corrected chi connectivity index (χ1v) is 9.48. The van der Waals surface area contributed by atoms with Gasteiger partial charge in [0.2, 0.25) is 5.91 Å². The number of nitrogens with zero attached hydrogens (tertiary/aromatic N) is 2. The van der Waals surface area contributed by atoms with Gasteiger partial charge in [-0.15, -0.1) is 11.3 Å². The third-order valence-electron chi connectivity index (χ3n) is 4.46. The maximum atomic E-state index is 11.7. The number of carbonyl (C=O) groups excluding carboxylic acids is 1. The lowest BCUT2D eigenvalue weighted by molar-refractivity contribution is -0.120. The molecule has 1 saturated heterocycles. The van der Waals surface area contributed by atoms with Crippen LogP contribution in [0.1, 0.15) is 29.6 Å². The van der Waals surface area contributed by atoms with Crippen LogP contribution in [0.4, 0.5) is 0 Å². The predicted molar refractivity (Wildman–Crippen MR) is 100 cm³/mol. The monoisotopic (exact) mass is 359 g/mol. The highest BCUT2D eigenvalue weighted by atomic mass is 32.1. The van der Waals surface area contributed by atoms with Crippen LogP contribution in [0.5, 0.6) is 5.75 Å². The molecular formula is C19H25N3O2S. The smallest absolute Gasteiger partial charge is 0.217 e. The lowest BCUT2D eigenvalue weighted by Gasteiger charge is -2.28. The summed E-state index contributed by atoms with van der Waals surface area (Å²) < 4.78 is 5.87. The fraction of sp³-hybridized carbons (Fsp3) is 0.474. The van der Waals surface area contributed by atoms with Crippen molar-refractivity contribution in [2.24, 2.45) is 0 Å². The van der Waals surface area contributed by atoms with Crippen molar-refractivity contribution >= 4 is 17.2 Å². The zero-order valence-electron chi connectivity index (χ0n) is 15.0. The van der Waals surface area contributed by atoms with Crippen molar-refractivity contribution < 1.29 is 9.53 Å². The van der Waals surface area contributed by atoms with Crippen LogP contribution in [0.2, 0.25) is 0 Å². The molecular weight excluding hydrogens is 334 g/mol. The Labute approximate surface area is 153 Å². The second kappa shape index (κ2) is 7.54. The summed E-state index contributed by atoms with van der Waals surface area (Å²) >= 11 is 1.63. The van der Waals surface area contributed by atoms with Crippen molar-refractivity contribution in [2.75, 3.05) is 26.2 Å². The highest BCUT2D eigenvalue weighted by molar-refractivity contribution is 7.09. The van der Waals surface area contributed by atoms with Crippen LogP contribution in [-0.4, -0.2) is 42.0 Å². The number of amides is 1. The van der Waals surface area contributed by atoms with Gasteiger partial charge >= 0.3 is 0 Å². The third kappa shape index (κ3) is 4.38. The van der Waals surface area contributed by atoms with Gasteiger partial charge in [0.05, 0.1) is 0 Å². The average Bonchev–Trinajstić information content (AvgIpc) is 3.15. The molecule has 5 nitrogen and oxygen atoms in total. The van der Waals surface area contributed by atoms with E-state index in [0.29, 0.717) is 6.61 Å². The number of likely N-dealkylation sites (tertiary alicyclic amines) is 1. The zero-order chi connectivity index (χ0) is 17.9. The summed E-state index contributed by atoms with van der Waals surface area (Å²) in [4.78, 5) is 18.7. The van der Waals surface area contributed by atoms with Gasteiger partial charge in [0.15, 0.2) is 0 Å². The highest BCUT2D eigenvalue weighted by Crippen LogP contribution is 2.34. The number of benzene rings is 1. The molecule has 2 heterocycles. The number of aryl methyl sites for hydroxylation is 2. The van der Waals surface area contributed by atoms with Crippen LogP contribution in [0, 0.1) is 13.8 Å². The normalized spacial score (nSPS) is 20.6. The van der Waals surface area contributed by atoms with Crippen LogP contribution in [-0.2, 0) is 10.3 Å². The van der Waals surface area contributed by atoms with E-state index in [1.165, 1.54) is 5.56 Å². The van der Waals surface area contributed by atoms with Crippen LogP contribution in [0.15, 0.2) is 29.6 Å². The van der Waals surface area contributed by atoms with Gasteiger partial charge in [0.25, 0.3) is 0 Å². The molecule has 1 aromatic carbocycles. The Morgan fingerprint density at radius 1 is 1.44 bits per heavy atom. The molecule has 0 radical (unpaired) electrons. The Bertz CT molecular complexity index is 746. The van der Waals surface area contributed by atoms with Crippen LogP contribution in [0.25, 0.3) is 0 Å². The number of hydrogen-bond acceptors (Lipinski definition) is 5. The third-order valence-corrected chi connectivity index (χ3v) is 5.62. The second-order valence-corrected chi connectivity index (χ2v) is 7.61. The van der Waals surface area contributed by atoms with Crippen molar-refractivity contribution in [1.82, 2.24) is 15.2 Å². The summed E-state index contributed by atoms with van der Waals surface area (Å²) in [6, 6.07) is 8.10. The molecule has 2 aromatic rings. The Balaban J connectivity index is 1.60. The SMILES string of the molecule is CC(=O)NC1(c2nc(C)cs2)CCN(CCOc2cccc(C)c2)C1. The van der Waals surface area contributed by atoms with Gasteiger partial charge in [-0.2, -0.15) is 0 Å². The van der Waals surface area contributed by atoms with Gasteiger partial charge in [-0.3, -0.25) is 9.69 Å². The van der Waals surface area contributed by atoms with Gasteiger partial charge in [0, 0.05) is 37.6 Å². The van der Waals surface area contributed by atoms with Crippen molar-refractivity contribution in [2.45, 2.75) is 32.7 Å². The number of rotatable bonds is 6. The molecule has 0 spiro atoms. The number of carbonyl (C=O) groups is 1. The predicted octanol–water partition coefficient (Wildman–Crippen LogP) is 2.88. The quantitative estimate of drug-likeness (QED) is 0.862. The molecule has 134 valence electrons. The Kier molecular flexibility index (Phi) is 5.39. The summed E-state index contributed by atoms with van der Waals surface area (Å²) in [7, 11) is 0. The van der Waals surface area contributed by atoms with Crippen molar-refractivity contribution in [1.29, 1.82) is 0 Å². The van der Waals surface area contributed by atoms with Crippen LogP contribution >= 0.6 is 11.3 Å². The van der Waals surface area contributed by atoms with Gasteiger partial charge < -0.3 is 10.1 Å². The fourth-order valence-electron chi connectivity index (χ4n) is 3.32. The van der Waals surface area contributed by atoms with Gasteiger partial charge in [-0.05, 0) is 38.0 Å². The molecule has 1 atom stereocenters. The van der Waals surface area contributed by atoms with Crippen molar-refractivity contribution in [3.63, 3.8) is 0 Å². The summed E-state index contributed by atoms with van der Waals surface area (Å²) in [5, 5.41) is 6.20. The highest BCUT2D eigenvalue weighted by Gasteiger charge is 2.42. The number of hydrogen-bond donors (Lipinski definition) is 1. The van der Waals surface area contributed by atoms with Gasteiger partial charge in [-0.1, -0.05) is 12.1 Å². The molecule has 1 aliphatic heterocycles. The summed E-state index contributed by atoms with van der Waals surface area (Å²) in [6.07, 6.45) is 0.879. The minimum absolute atomic E-state index is 0.00860. The second-order valence-electron chi connectivity index (χ2n) is 6.75. The first kappa shape index (κ1) is 17.9. The first-order valence-electron chi connectivity index (χ1n) is 8.60. The molecule has 0 aliphatic carbocycles. The van der Waals surface area contributed by atoms with E-state index >= 15 is 0 Å². The van der Waals surface area contributed by atoms with Gasteiger partial charge in [0.1, 0.15) is 22.9 Å². The molecule has 0 bridgehead atoms. The fourth-order valence-corrected chi connectivity index (χ4v) is 4.29. The summed E-state index contributed by atoms with van der Waals surface area (Å²) in [5.41, 5.74) is 1.84. The van der Waals surface area contributed by atoms with E-state index in [-0.39, 0.29) is 11.4 Å². The molecule has 1 unspecified atom stereocenters. The number of nitrogens with one attached hydrogen (secondary N) is 1. The minimum atomic E-state index is -0.367. The standard InChI is InChI=1S/C19H25N3O2S/c1-14-5-4-6-17(11-14)24-10-9-22-8-7-19(13-22,21-16(3)23)18-20-15(2)12-25-18/h4-6,11-12H,7-10,13H2,1-3H3,(H,21,23). The van der Waals surface area contributed by atoms with E-state index in [4.69, 9.17) is 4.74 Å². The van der Waals surface area contributed by atoms with Crippen molar-refractivity contribution in [3.05, 3.63) is 45.9 Å². The maximum absolute atomic E-state index is 11.7. The average molecular weight is 359 g/mol. The molecule has 0 saturated carbocycles. The molecule has 1 aromatic heterocycles. The lowest BCUT2D eigenvalue weighted by atomic mass is 9.99. The molecule has 6 heteroatoms.